The first-order valence-electron chi connectivity index (χ1n) is 7.86. The van der Waals surface area contributed by atoms with E-state index in [9.17, 15) is 0 Å². The van der Waals surface area contributed by atoms with E-state index in [0.717, 1.165) is 25.2 Å². The molecular formula is C19H26N2O. The van der Waals surface area contributed by atoms with Crippen molar-refractivity contribution in [3.63, 3.8) is 0 Å². The van der Waals surface area contributed by atoms with Gasteiger partial charge in [-0.15, -0.1) is 0 Å². The summed E-state index contributed by atoms with van der Waals surface area (Å²) in [6.45, 7) is 1.41. The molecule has 0 aliphatic heterocycles. The molecule has 0 aromatic heterocycles. The summed E-state index contributed by atoms with van der Waals surface area (Å²) in [5.41, 5.74) is 8.47. The van der Waals surface area contributed by atoms with Gasteiger partial charge in [-0.3, -0.25) is 0 Å². The van der Waals surface area contributed by atoms with Crippen LogP contribution in [0.1, 0.15) is 24.3 Å². The van der Waals surface area contributed by atoms with Crippen LogP contribution in [-0.4, -0.2) is 27.2 Å². The molecule has 0 spiro atoms. The zero-order valence-electron chi connectivity index (χ0n) is 13.5. The van der Waals surface area contributed by atoms with E-state index < -0.39 is 0 Å². The monoisotopic (exact) mass is 298 g/mol. The minimum atomic E-state index is 0.399. The van der Waals surface area contributed by atoms with Crippen LogP contribution in [0.5, 0.6) is 5.75 Å². The normalized spacial score (nSPS) is 12.0. The quantitative estimate of drug-likeness (QED) is 0.756. The predicted molar refractivity (Wildman–Crippen MR) is 93.7 cm³/mol. The van der Waals surface area contributed by atoms with Gasteiger partial charge in [0.1, 0.15) is 5.75 Å². The summed E-state index contributed by atoms with van der Waals surface area (Å²) < 4.78 is 5.74. The number of hydrogen-bond donors (Lipinski definition) is 1. The van der Waals surface area contributed by atoms with Crippen LogP contribution in [0.15, 0.2) is 54.6 Å². The van der Waals surface area contributed by atoms with Gasteiger partial charge in [-0.25, -0.2) is 0 Å². The van der Waals surface area contributed by atoms with Crippen molar-refractivity contribution >= 4 is 5.69 Å². The molecule has 1 unspecified atom stereocenters. The molecule has 2 aromatic carbocycles. The summed E-state index contributed by atoms with van der Waals surface area (Å²) in [6.07, 6.45) is 2.05. The molecule has 0 fully saturated rings. The van der Waals surface area contributed by atoms with E-state index in [1.54, 1.807) is 0 Å². The second-order valence-corrected chi connectivity index (χ2v) is 5.72. The topological polar surface area (TPSA) is 38.5 Å². The highest BCUT2D eigenvalue weighted by Crippen LogP contribution is 2.23. The first kappa shape index (κ1) is 16.4. The molecule has 0 saturated heterocycles. The molecule has 2 aromatic rings. The zero-order chi connectivity index (χ0) is 15.8. The summed E-state index contributed by atoms with van der Waals surface area (Å²) in [4.78, 5) is 2.11. The molecule has 0 radical (unpaired) electrons. The number of rotatable bonds is 8. The maximum absolute atomic E-state index is 5.94. The number of nitrogens with two attached hydrogens (primary N) is 1. The third-order valence-electron chi connectivity index (χ3n) is 3.87. The molecule has 22 heavy (non-hydrogen) atoms. The van der Waals surface area contributed by atoms with E-state index in [1.807, 2.05) is 30.3 Å². The molecule has 0 heterocycles. The van der Waals surface area contributed by atoms with Crippen LogP contribution in [0.25, 0.3) is 0 Å². The molecule has 1 atom stereocenters. The molecule has 118 valence electrons. The predicted octanol–water partition coefficient (Wildman–Crippen LogP) is 3.65. The van der Waals surface area contributed by atoms with E-state index in [4.69, 9.17) is 10.5 Å². The molecule has 0 aliphatic carbocycles. The van der Waals surface area contributed by atoms with Crippen LogP contribution in [0, 0.1) is 0 Å². The van der Waals surface area contributed by atoms with E-state index >= 15 is 0 Å². The molecule has 3 heteroatoms. The van der Waals surface area contributed by atoms with Gasteiger partial charge >= 0.3 is 0 Å². The fourth-order valence-corrected chi connectivity index (χ4v) is 2.50. The van der Waals surface area contributed by atoms with Crippen molar-refractivity contribution < 1.29 is 4.74 Å². The van der Waals surface area contributed by atoms with Gasteiger partial charge in [-0.05, 0) is 55.1 Å². The number of benzene rings is 2. The molecule has 2 N–H and O–H groups in total. The highest BCUT2D eigenvalue weighted by Gasteiger charge is 2.10. The molecule has 0 saturated carbocycles. The van der Waals surface area contributed by atoms with E-state index in [2.05, 4.69) is 43.3 Å². The van der Waals surface area contributed by atoms with Crippen molar-refractivity contribution in [2.75, 3.05) is 32.1 Å². The summed E-state index contributed by atoms with van der Waals surface area (Å²) in [7, 11) is 4.10. The minimum absolute atomic E-state index is 0.399. The first-order valence-corrected chi connectivity index (χ1v) is 7.86. The Morgan fingerprint density at radius 2 is 1.68 bits per heavy atom. The molecule has 3 nitrogen and oxygen atoms in total. The Kier molecular flexibility index (Phi) is 6.28. The van der Waals surface area contributed by atoms with Gasteiger partial charge in [-0.2, -0.15) is 0 Å². The lowest BCUT2D eigenvalue weighted by Crippen LogP contribution is -2.14. The number of nitrogens with zero attached hydrogens (tertiary/aromatic N) is 1. The Morgan fingerprint density at radius 1 is 1.00 bits per heavy atom. The Morgan fingerprint density at radius 3 is 2.27 bits per heavy atom. The lowest BCUT2D eigenvalue weighted by Gasteiger charge is -2.18. The minimum Gasteiger partial charge on any atom is -0.494 e. The molecular weight excluding hydrogens is 272 g/mol. The Bertz CT molecular complexity index is 537. The number of para-hydroxylation sites is 1. The lowest BCUT2D eigenvalue weighted by molar-refractivity contribution is 0.302. The summed E-state index contributed by atoms with van der Waals surface area (Å²) >= 11 is 0. The second kappa shape index (κ2) is 8.44. The maximum Gasteiger partial charge on any atom is 0.119 e. The number of hydrogen-bond acceptors (Lipinski definition) is 3. The molecule has 2 rings (SSSR count). The Hall–Kier alpha value is -2.00. The summed E-state index contributed by atoms with van der Waals surface area (Å²) in [5, 5.41) is 0. The fourth-order valence-electron chi connectivity index (χ4n) is 2.50. The van der Waals surface area contributed by atoms with Crippen molar-refractivity contribution in [2.45, 2.75) is 18.8 Å². The fraction of sp³-hybridized carbons (Fsp3) is 0.368. The van der Waals surface area contributed by atoms with Crippen molar-refractivity contribution in [3.05, 3.63) is 60.2 Å². The van der Waals surface area contributed by atoms with Gasteiger partial charge in [0, 0.05) is 19.8 Å². The first-order chi connectivity index (χ1) is 10.7. The highest BCUT2D eigenvalue weighted by molar-refractivity contribution is 5.46. The van der Waals surface area contributed by atoms with Gasteiger partial charge in [0.2, 0.25) is 0 Å². The average Bonchev–Trinajstić information content (AvgIpc) is 2.56. The van der Waals surface area contributed by atoms with Crippen LogP contribution in [-0.2, 0) is 0 Å². The van der Waals surface area contributed by atoms with Crippen molar-refractivity contribution in [3.8, 4) is 5.75 Å². The van der Waals surface area contributed by atoms with Gasteiger partial charge in [0.05, 0.1) is 6.61 Å². The maximum atomic E-state index is 5.94. The average molecular weight is 298 g/mol. The Labute approximate surface area is 133 Å². The van der Waals surface area contributed by atoms with Gasteiger partial charge < -0.3 is 15.4 Å². The third-order valence-corrected chi connectivity index (χ3v) is 3.87. The standard InChI is InChI=1S/C19H26N2O/c1-21(2)18-12-10-16(11-13-18)17(15-20)7-6-14-22-19-8-4-3-5-9-19/h3-5,8-13,17H,6-7,14-15,20H2,1-2H3. The van der Waals surface area contributed by atoms with Crippen LogP contribution in [0.2, 0.25) is 0 Å². The molecule has 0 bridgehead atoms. The second-order valence-electron chi connectivity index (χ2n) is 5.72. The highest BCUT2D eigenvalue weighted by atomic mass is 16.5. The molecule has 0 aliphatic rings. The lowest BCUT2D eigenvalue weighted by atomic mass is 9.94. The van der Waals surface area contributed by atoms with Crippen LogP contribution < -0.4 is 15.4 Å². The smallest absolute Gasteiger partial charge is 0.119 e. The Balaban J connectivity index is 1.81. The van der Waals surface area contributed by atoms with Crippen LogP contribution in [0.3, 0.4) is 0 Å². The van der Waals surface area contributed by atoms with Crippen molar-refractivity contribution in [1.29, 1.82) is 0 Å². The van der Waals surface area contributed by atoms with E-state index in [0.29, 0.717) is 12.5 Å². The van der Waals surface area contributed by atoms with Crippen LogP contribution >= 0.6 is 0 Å². The third kappa shape index (κ3) is 4.78. The van der Waals surface area contributed by atoms with Gasteiger partial charge in [-0.1, -0.05) is 30.3 Å². The summed E-state index contributed by atoms with van der Waals surface area (Å²) in [5.74, 6) is 1.33. The van der Waals surface area contributed by atoms with E-state index in [-0.39, 0.29) is 0 Å². The number of anilines is 1. The molecule has 0 amide bonds. The van der Waals surface area contributed by atoms with Crippen molar-refractivity contribution in [1.82, 2.24) is 0 Å². The van der Waals surface area contributed by atoms with Crippen molar-refractivity contribution in [2.24, 2.45) is 5.73 Å². The SMILES string of the molecule is CN(C)c1ccc(C(CN)CCCOc2ccccc2)cc1. The van der Waals surface area contributed by atoms with E-state index in [1.165, 1.54) is 11.3 Å². The van der Waals surface area contributed by atoms with Crippen LogP contribution in [0.4, 0.5) is 5.69 Å². The summed E-state index contributed by atoms with van der Waals surface area (Å²) in [6, 6.07) is 18.6. The largest absolute Gasteiger partial charge is 0.494 e. The number of ether oxygens (including phenoxy) is 1. The van der Waals surface area contributed by atoms with Gasteiger partial charge in [0.15, 0.2) is 0 Å². The van der Waals surface area contributed by atoms with Gasteiger partial charge in [0.25, 0.3) is 0 Å². The zero-order valence-corrected chi connectivity index (χ0v) is 13.5.